The molecule has 2 aromatic carbocycles. The van der Waals surface area contributed by atoms with Crippen LogP contribution in [0.3, 0.4) is 0 Å². The number of likely N-dealkylation sites (tertiary alicyclic amines) is 1. The molecule has 3 aliphatic heterocycles. The number of benzene rings is 2. The maximum absolute atomic E-state index is 13.6. The number of hydrogen-bond acceptors (Lipinski definition) is 6. The first-order valence-corrected chi connectivity index (χ1v) is 10.3. The molecule has 164 valence electrons. The van der Waals surface area contributed by atoms with Crippen molar-refractivity contribution in [2.45, 2.75) is 24.5 Å². The molecule has 0 bridgehead atoms. The summed E-state index contributed by atoms with van der Waals surface area (Å²) < 4.78 is 5.16. The Bertz CT molecular complexity index is 1150. The fraction of sp³-hybridized carbons (Fsp3) is 0.304. The molecule has 1 spiro atoms. The molecule has 0 radical (unpaired) electrons. The van der Waals surface area contributed by atoms with Crippen LogP contribution in [-0.4, -0.2) is 41.7 Å². The number of imide groups is 1. The van der Waals surface area contributed by atoms with Gasteiger partial charge in [0.15, 0.2) is 0 Å². The average Bonchev–Trinajstić information content (AvgIpc) is 3.34. The summed E-state index contributed by atoms with van der Waals surface area (Å²) in [6.07, 6.45) is -0.159. The van der Waals surface area contributed by atoms with Gasteiger partial charge in [0.05, 0.1) is 25.5 Å². The second-order valence-corrected chi connectivity index (χ2v) is 8.34. The number of hydrogen-bond donors (Lipinski definition) is 3. The van der Waals surface area contributed by atoms with Crippen LogP contribution in [0, 0.1) is 11.8 Å². The molecule has 32 heavy (non-hydrogen) atoms. The highest BCUT2D eigenvalue weighted by Gasteiger charge is 2.70. The maximum Gasteiger partial charge on any atom is 0.250 e. The van der Waals surface area contributed by atoms with Crippen molar-refractivity contribution < 1.29 is 23.9 Å². The molecule has 5 rings (SSSR count). The lowest BCUT2D eigenvalue weighted by Gasteiger charge is -2.29. The van der Waals surface area contributed by atoms with Gasteiger partial charge in [-0.05, 0) is 23.8 Å². The molecular formula is C23H22N4O5. The van der Waals surface area contributed by atoms with Crippen LogP contribution in [0.2, 0.25) is 0 Å². The summed E-state index contributed by atoms with van der Waals surface area (Å²) in [7, 11) is 1.56. The maximum atomic E-state index is 13.6. The summed E-state index contributed by atoms with van der Waals surface area (Å²) >= 11 is 0. The Labute approximate surface area is 183 Å². The van der Waals surface area contributed by atoms with Crippen molar-refractivity contribution >= 4 is 29.3 Å². The first-order valence-electron chi connectivity index (χ1n) is 10.3. The van der Waals surface area contributed by atoms with E-state index in [0.29, 0.717) is 17.0 Å². The number of carbonyl (C=O) groups is 4. The van der Waals surface area contributed by atoms with E-state index in [2.05, 4.69) is 10.6 Å². The minimum Gasteiger partial charge on any atom is -0.497 e. The zero-order valence-corrected chi connectivity index (χ0v) is 17.3. The highest BCUT2D eigenvalue weighted by Crippen LogP contribution is 2.53. The minimum absolute atomic E-state index is 0.0668. The number of para-hydroxylation sites is 1. The zero-order valence-electron chi connectivity index (χ0n) is 17.3. The summed E-state index contributed by atoms with van der Waals surface area (Å²) in [4.78, 5) is 53.2. The van der Waals surface area contributed by atoms with Gasteiger partial charge in [-0.15, -0.1) is 0 Å². The predicted octanol–water partition coefficient (Wildman–Crippen LogP) is 0.491. The Morgan fingerprint density at radius 3 is 2.50 bits per heavy atom. The summed E-state index contributed by atoms with van der Waals surface area (Å²) in [6.45, 7) is 0.0668. The van der Waals surface area contributed by atoms with Crippen LogP contribution in [0.5, 0.6) is 5.75 Å². The van der Waals surface area contributed by atoms with Gasteiger partial charge < -0.3 is 15.8 Å². The van der Waals surface area contributed by atoms with Crippen LogP contribution in [0.1, 0.15) is 17.5 Å². The fourth-order valence-corrected chi connectivity index (χ4v) is 5.28. The quantitative estimate of drug-likeness (QED) is 0.587. The number of primary amides is 1. The normalized spacial score (nSPS) is 28.1. The largest absolute Gasteiger partial charge is 0.497 e. The van der Waals surface area contributed by atoms with Crippen LogP contribution < -0.4 is 21.1 Å². The molecule has 9 heteroatoms. The SMILES string of the molecule is COc1ccc(CN2C(=O)[C@@H]3[C@H](CC(N)=O)N[C@]4(C(=O)Nc5ccccc54)[C@@H]3C2=O)cc1. The van der Waals surface area contributed by atoms with Crippen molar-refractivity contribution in [3.63, 3.8) is 0 Å². The van der Waals surface area contributed by atoms with E-state index in [1.54, 1.807) is 55.6 Å². The highest BCUT2D eigenvalue weighted by atomic mass is 16.5. The number of nitrogens with one attached hydrogen (secondary N) is 2. The van der Waals surface area contributed by atoms with E-state index in [-0.39, 0.29) is 13.0 Å². The predicted molar refractivity (Wildman–Crippen MR) is 113 cm³/mol. The highest BCUT2D eigenvalue weighted by molar-refractivity contribution is 6.15. The van der Waals surface area contributed by atoms with E-state index < -0.39 is 47.0 Å². The molecule has 3 aliphatic rings. The number of methoxy groups -OCH3 is 1. The summed E-state index contributed by atoms with van der Waals surface area (Å²) in [6, 6.07) is 13.4. The number of fused-ring (bicyclic) bond motifs is 4. The third kappa shape index (κ3) is 2.74. The van der Waals surface area contributed by atoms with Gasteiger partial charge in [0.1, 0.15) is 11.3 Å². The molecule has 0 saturated carbocycles. The van der Waals surface area contributed by atoms with Crippen molar-refractivity contribution in [1.29, 1.82) is 0 Å². The molecule has 4 atom stereocenters. The van der Waals surface area contributed by atoms with Gasteiger partial charge in [-0.25, -0.2) is 0 Å². The van der Waals surface area contributed by atoms with Gasteiger partial charge in [0.2, 0.25) is 23.6 Å². The minimum atomic E-state index is -1.43. The lowest BCUT2D eigenvalue weighted by Crippen LogP contribution is -2.53. The Morgan fingerprint density at radius 1 is 1.09 bits per heavy atom. The number of anilines is 1. The van der Waals surface area contributed by atoms with Crippen molar-refractivity contribution in [1.82, 2.24) is 10.2 Å². The van der Waals surface area contributed by atoms with Crippen molar-refractivity contribution in [3.05, 3.63) is 59.7 Å². The molecule has 2 aromatic rings. The van der Waals surface area contributed by atoms with Gasteiger partial charge in [-0.1, -0.05) is 30.3 Å². The van der Waals surface area contributed by atoms with E-state index in [1.807, 2.05) is 0 Å². The number of nitrogens with zero attached hydrogens (tertiary/aromatic N) is 1. The van der Waals surface area contributed by atoms with Gasteiger partial charge >= 0.3 is 0 Å². The average molecular weight is 434 g/mol. The first kappa shape index (κ1) is 20.2. The Kier molecular flexibility index (Phi) is 4.52. The lowest BCUT2D eigenvalue weighted by atomic mass is 9.76. The fourth-order valence-electron chi connectivity index (χ4n) is 5.28. The van der Waals surface area contributed by atoms with Gasteiger partial charge in [0, 0.05) is 23.7 Å². The van der Waals surface area contributed by atoms with Gasteiger partial charge in [-0.3, -0.25) is 29.4 Å². The Hall–Kier alpha value is -3.72. The topological polar surface area (TPSA) is 131 Å². The van der Waals surface area contributed by atoms with Crippen LogP contribution in [0.4, 0.5) is 5.69 Å². The van der Waals surface area contributed by atoms with Crippen LogP contribution in [0.25, 0.3) is 0 Å². The smallest absolute Gasteiger partial charge is 0.250 e. The van der Waals surface area contributed by atoms with E-state index in [9.17, 15) is 19.2 Å². The van der Waals surface area contributed by atoms with E-state index in [1.165, 1.54) is 4.90 Å². The molecule has 4 amide bonds. The monoisotopic (exact) mass is 434 g/mol. The van der Waals surface area contributed by atoms with Crippen molar-refractivity contribution in [2.75, 3.05) is 12.4 Å². The molecule has 0 aromatic heterocycles. The second kappa shape index (κ2) is 7.16. The molecule has 0 aliphatic carbocycles. The summed E-state index contributed by atoms with van der Waals surface area (Å²) in [5.41, 5.74) is 5.93. The number of rotatable bonds is 5. The molecule has 9 nitrogen and oxygen atoms in total. The third-order valence-electron chi connectivity index (χ3n) is 6.63. The number of carbonyl (C=O) groups excluding carboxylic acids is 4. The van der Waals surface area contributed by atoms with Crippen LogP contribution in [-0.2, 0) is 31.3 Å². The van der Waals surface area contributed by atoms with E-state index in [4.69, 9.17) is 10.5 Å². The van der Waals surface area contributed by atoms with E-state index in [0.717, 1.165) is 5.56 Å². The molecular weight excluding hydrogens is 412 g/mol. The molecule has 3 heterocycles. The van der Waals surface area contributed by atoms with E-state index >= 15 is 0 Å². The first-order chi connectivity index (χ1) is 15.4. The van der Waals surface area contributed by atoms with Crippen molar-refractivity contribution in [3.8, 4) is 5.75 Å². The second-order valence-electron chi connectivity index (χ2n) is 8.34. The standard InChI is InChI=1S/C23H22N4O5/c1-32-13-8-6-12(7-9-13)11-27-20(29)18-16(10-17(24)28)26-23(19(18)21(27)30)14-4-2-3-5-15(14)25-22(23)31/h2-9,16,18-19,26H,10-11H2,1H3,(H2,24,28)(H,25,31)/t16-,18+,19-,23-/m0/s1. The van der Waals surface area contributed by atoms with Crippen molar-refractivity contribution in [2.24, 2.45) is 17.6 Å². The Balaban J connectivity index is 1.56. The third-order valence-corrected chi connectivity index (χ3v) is 6.63. The molecule has 2 saturated heterocycles. The number of nitrogens with two attached hydrogens (primary N) is 1. The summed E-state index contributed by atoms with van der Waals surface area (Å²) in [5, 5.41) is 5.98. The molecule has 0 unspecified atom stereocenters. The lowest BCUT2D eigenvalue weighted by molar-refractivity contribution is -0.143. The molecule has 4 N–H and O–H groups in total. The number of amides is 4. The molecule has 2 fully saturated rings. The Morgan fingerprint density at radius 2 is 1.81 bits per heavy atom. The van der Waals surface area contributed by atoms with Crippen LogP contribution in [0.15, 0.2) is 48.5 Å². The van der Waals surface area contributed by atoms with Crippen LogP contribution >= 0.6 is 0 Å². The number of ether oxygens (including phenoxy) is 1. The van der Waals surface area contributed by atoms with Gasteiger partial charge in [0.25, 0.3) is 0 Å². The zero-order chi connectivity index (χ0) is 22.6. The van der Waals surface area contributed by atoms with Gasteiger partial charge in [-0.2, -0.15) is 0 Å². The summed E-state index contributed by atoms with van der Waals surface area (Å²) in [5.74, 6) is -3.06.